The second kappa shape index (κ2) is 10.6. The summed E-state index contributed by atoms with van der Waals surface area (Å²) in [6.07, 6.45) is 13.3. The number of hydrogen-bond acceptors (Lipinski definition) is 3. The van der Waals surface area contributed by atoms with Gasteiger partial charge in [-0.25, -0.2) is 0 Å². The van der Waals surface area contributed by atoms with E-state index >= 15 is 0 Å². The Morgan fingerprint density at radius 2 is 2.00 bits per heavy atom. The number of aliphatic carboxylic acids is 1. The summed E-state index contributed by atoms with van der Waals surface area (Å²) < 4.78 is 0. The third-order valence-corrected chi connectivity index (χ3v) is 4.36. The highest BCUT2D eigenvalue weighted by Gasteiger charge is 2.32. The number of aliphatic hydroxyl groups excluding tert-OH is 2. The van der Waals surface area contributed by atoms with Gasteiger partial charge >= 0.3 is 5.97 Å². The fourth-order valence-corrected chi connectivity index (χ4v) is 3.12. The summed E-state index contributed by atoms with van der Waals surface area (Å²) in [5, 5.41) is 28.4. The van der Waals surface area contributed by atoms with E-state index in [9.17, 15) is 15.0 Å². The summed E-state index contributed by atoms with van der Waals surface area (Å²) >= 11 is 0. The van der Waals surface area contributed by atoms with Crippen molar-refractivity contribution in [1.82, 2.24) is 0 Å². The summed E-state index contributed by atoms with van der Waals surface area (Å²) in [6.45, 7) is 2.05. The van der Waals surface area contributed by atoms with E-state index in [2.05, 4.69) is 13.0 Å². The number of aliphatic hydroxyl groups is 2. The first-order valence-electron chi connectivity index (χ1n) is 8.45. The highest BCUT2D eigenvalue weighted by atomic mass is 16.4. The lowest BCUT2D eigenvalue weighted by atomic mass is 9.89. The molecule has 4 nitrogen and oxygen atoms in total. The van der Waals surface area contributed by atoms with E-state index in [4.69, 9.17) is 5.11 Å². The molecule has 1 unspecified atom stereocenters. The number of hydrogen-bond donors (Lipinski definition) is 3. The predicted molar refractivity (Wildman–Crippen MR) is 87.5 cm³/mol. The first-order chi connectivity index (χ1) is 10.5. The third-order valence-electron chi connectivity index (χ3n) is 4.36. The van der Waals surface area contributed by atoms with Gasteiger partial charge in [0.1, 0.15) is 0 Å². The SMILES string of the molecule is CCCC(O)C=C[C@@H]1CC[C@@H](O)[C@@H]1CCC=CCCC(=O)O. The van der Waals surface area contributed by atoms with Gasteiger partial charge in [-0.05, 0) is 50.4 Å². The van der Waals surface area contributed by atoms with E-state index in [1.54, 1.807) is 0 Å². The van der Waals surface area contributed by atoms with Crippen molar-refractivity contribution in [3.05, 3.63) is 24.3 Å². The van der Waals surface area contributed by atoms with Crippen molar-refractivity contribution >= 4 is 5.97 Å². The Bertz CT molecular complexity index is 375. The maximum atomic E-state index is 10.4. The second-order valence-corrected chi connectivity index (χ2v) is 6.19. The molecule has 1 aliphatic rings. The highest BCUT2D eigenvalue weighted by molar-refractivity contribution is 5.66. The Morgan fingerprint density at radius 3 is 2.68 bits per heavy atom. The molecule has 1 rings (SSSR count). The zero-order valence-electron chi connectivity index (χ0n) is 13.5. The van der Waals surface area contributed by atoms with Gasteiger partial charge in [-0.15, -0.1) is 0 Å². The lowest BCUT2D eigenvalue weighted by molar-refractivity contribution is -0.136. The summed E-state index contributed by atoms with van der Waals surface area (Å²) in [5.41, 5.74) is 0. The average molecular weight is 310 g/mol. The van der Waals surface area contributed by atoms with Gasteiger partial charge < -0.3 is 15.3 Å². The van der Waals surface area contributed by atoms with Crippen molar-refractivity contribution in [3.63, 3.8) is 0 Å². The molecule has 1 aliphatic carbocycles. The smallest absolute Gasteiger partial charge is 0.303 e. The zero-order chi connectivity index (χ0) is 16.4. The molecule has 1 fully saturated rings. The Morgan fingerprint density at radius 1 is 1.27 bits per heavy atom. The van der Waals surface area contributed by atoms with Gasteiger partial charge in [-0.1, -0.05) is 37.6 Å². The summed E-state index contributed by atoms with van der Waals surface area (Å²) in [6, 6.07) is 0. The molecule has 0 amide bonds. The molecule has 0 aromatic rings. The number of rotatable bonds is 10. The van der Waals surface area contributed by atoms with Gasteiger partial charge in [-0.2, -0.15) is 0 Å². The van der Waals surface area contributed by atoms with Crippen molar-refractivity contribution in [3.8, 4) is 0 Å². The van der Waals surface area contributed by atoms with Crippen LogP contribution in [0.15, 0.2) is 24.3 Å². The van der Waals surface area contributed by atoms with Crippen molar-refractivity contribution in [1.29, 1.82) is 0 Å². The third kappa shape index (κ3) is 7.23. The average Bonchev–Trinajstić information content (AvgIpc) is 2.81. The summed E-state index contributed by atoms with van der Waals surface area (Å²) in [7, 11) is 0. The van der Waals surface area contributed by atoms with Crippen molar-refractivity contribution in [2.75, 3.05) is 0 Å². The van der Waals surface area contributed by atoms with Crippen molar-refractivity contribution in [2.24, 2.45) is 11.8 Å². The molecule has 4 heteroatoms. The molecule has 0 aliphatic heterocycles. The fraction of sp³-hybridized carbons (Fsp3) is 0.722. The number of carboxylic acid groups (broad SMARTS) is 1. The first-order valence-corrected chi connectivity index (χ1v) is 8.45. The molecule has 0 heterocycles. The maximum Gasteiger partial charge on any atom is 0.303 e. The van der Waals surface area contributed by atoms with Crippen LogP contribution in [0, 0.1) is 11.8 Å². The lowest BCUT2D eigenvalue weighted by Crippen LogP contribution is -2.18. The first kappa shape index (κ1) is 18.9. The van der Waals surface area contributed by atoms with Crippen LogP contribution in [-0.4, -0.2) is 33.5 Å². The van der Waals surface area contributed by atoms with Crippen molar-refractivity contribution in [2.45, 2.75) is 70.5 Å². The van der Waals surface area contributed by atoms with E-state index in [0.717, 1.165) is 38.5 Å². The molecule has 0 radical (unpaired) electrons. The van der Waals surface area contributed by atoms with Crippen LogP contribution < -0.4 is 0 Å². The fourth-order valence-electron chi connectivity index (χ4n) is 3.12. The Labute approximate surface area is 133 Å². The van der Waals surface area contributed by atoms with Gasteiger partial charge in [0.05, 0.1) is 12.2 Å². The Hall–Kier alpha value is -1.13. The van der Waals surface area contributed by atoms with Crippen LogP contribution in [0.1, 0.15) is 58.3 Å². The minimum atomic E-state index is -0.772. The zero-order valence-corrected chi connectivity index (χ0v) is 13.5. The van der Waals surface area contributed by atoms with Gasteiger partial charge in [0.25, 0.3) is 0 Å². The molecule has 0 saturated heterocycles. The number of allylic oxidation sites excluding steroid dienone is 3. The second-order valence-electron chi connectivity index (χ2n) is 6.19. The molecule has 126 valence electrons. The minimum Gasteiger partial charge on any atom is -0.481 e. The minimum absolute atomic E-state index is 0.170. The molecule has 4 atom stereocenters. The van der Waals surface area contributed by atoms with Gasteiger partial charge in [0, 0.05) is 6.42 Å². The Kier molecular flexibility index (Phi) is 9.09. The molecule has 0 aromatic carbocycles. The maximum absolute atomic E-state index is 10.4. The van der Waals surface area contributed by atoms with Crippen LogP contribution in [0.5, 0.6) is 0 Å². The molecule has 3 N–H and O–H groups in total. The largest absolute Gasteiger partial charge is 0.481 e. The van der Waals surface area contributed by atoms with Crippen LogP contribution in [-0.2, 0) is 4.79 Å². The molecule has 1 saturated carbocycles. The monoisotopic (exact) mass is 310 g/mol. The summed E-state index contributed by atoms with van der Waals surface area (Å²) in [4.78, 5) is 10.4. The number of carbonyl (C=O) groups is 1. The highest BCUT2D eigenvalue weighted by Crippen LogP contribution is 2.36. The van der Waals surface area contributed by atoms with E-state index in [1.165, 1.54) is 0 Å². The predicted octanol–water partition coefficient (Wildman–Crippen LogP) is 3.29. The molecule has 0 aromatic heterocycles. The number of carboxylic acids is 1. The normalized spacial score (nSPS) is 27.0. The van der Waals surface area contributed by atoms with Crippen LogP contribution in [0.4, 0.5) is 0 Å². The standard InChI is InChI=1S/C18H30O4/c1-2-7-15(19)12-10-14-11-13-17(20)16(14)8-5-3-4-6-9-18(21)22/h3-4,10,12,14-17,19-20H,2,5-9,11,13H2,1H3,(H,21,22)/t14-,15?,16-,17-/m1/s1. The molecule has 22 heavy (non-hydrogen) atoms. The van der Waals surface area contributed by atoms with E-state index in [0.29, 0.717) is 12.3 Å². The topological polar surface area (TPSA) is 77.8 Å². The van der Waals surface area contributed by atoms with Gasteiger partial charge in [-0.3, -0.25) is 4.79 Å². The molecular formula is C18H30O4. The van der Waals surface area contributed by atoms with Crippen molar-refractivity contribution < 1.29 is 20.1 Å². The van der Waals surface area contributed by atoms with Crippen LogP contribution in [0.2, 0.25) is 0 Å². The quantitative estimate of drug-likeness (QED) is 0.541. The van der Waals surface area contributed by atoms with Gasteiger partial charge in [0.2, 0.25) is 0 Å². The van der Waals surface area contributed by atoms with E-state index in [1.807, 2.05) is 18.2 Å². The lowest BCUT2D eigenvalue weighted by Gasteiger charge is -2.19. The van der Waals surface area contributed by atoms with E-state index in [-0.39, 0.29) is 24.5 Å². The van der Waals surface area contributed by atoms with Gasteiger partial charge in [0.15, 0.2) is 0 Å². The summed E-state index contributed by atoms with van der Waals surface area (Å²) in [5.74, 6) is -0.185. The molecule has 0 spiro atoms. The molecular weight excluding hydrogens is 280 g/mol. The van der Waals surface area contributed by atoms with Crippen LogP contribution >= 0.6 is 0 Å². The van der Waals surface area contributed by atoms with Crippen LogP contribution in [0.25, 0.3) is 0 Å². The van der Waals surface area contributed by atoms with E-state index < -0.39 is 5.97 Å². The van der Waals surface area contributed by atoms with Crippen LogP contribution in [0.3, 0.4) is 0 Å². The Balaban J connectivity index is 2.36. The molecule has 0 bridgehead atoms.